The van der Waals surface area contributed by atoms with Crippen LogP contribution in [0, 0.1) is 5.82 Å². The lowest BCUT2D eigenvalue weighted by Gasteiger charge is -2.23. The Balaban J connectivity index is 1.83. The van der Waals surface area contributed by atoms with Gasteiger partial charge in [-0.2, -0.15) is 5.10 Å². The molecule has 9 heteroatoms. The molecule has 148 valence electrons. The Hall–Kier alpha value is -3.59. The lowest BCUT2D eigenvalue weighted by Crippen LogP contribution is -2.39. The molecule has 1 aromatic heterocycles. The van der Waals surface area contributed by atoms with Gasteiger partial charge in [0.25, 0.3) is 15.9 Å². The number of nitrogens with one attached hydrogen (secondary N) is 1. The number of benzene rings is 2. The van der Waals surface area contributed by atoms with Crippen LogP contribution in [-0.4, -0.2) is 32.1 Å². The number of carbonyl (C=O) groups excluding carboxylic acids is 1. The summed E-state index contributed by atoms with van der Waals surface area (Å²) in [5, 5.41) is 3.79. The van der Waals surface area contributed by atoms with Gasteiger partial charge < -0.3 is 0 Å². The summed E-state index contributed by atoms with van der Waals surface area (Å²) in [6.45, 7) is -0.539. The number of anilines is 1. The number of hydrogen-bond acceptors (Lipinski definition) is 5. The molecule has 0 aliphatic carbocycles. The van der Waals surface area contributed by atoms with Gasteiger partial charge in [-0.25, -0.2) is 18.2 Å². The first kappa shape index (κ1) is 20.2. The van der Waals surface area contributed by atoms with E-state index in [-0.39, 0.29) is 10.6 Å². The van der Waals surface area contributed by atoms with Gasteiger partial charge in [-0.3, -0.25) is 14.1 Å². The third-order valence-electron chi connectivity index (χ3n) is 3.81. The minimum absolute atomic E-state index is 0.00844. The van der Waals surface area contributed by atoms with Crippen molar-refractivity contribution in [1.29, 1.82) is 0 Å². The average molecular weight is 412 g/mol. The summed E-state index contributed by atoms with van der Waals surface area (Å²) in [4.78, 5) is 16.4. The second-order valence-corrected chi connectivity index (χ2v) is 7.71. The zero-order chi connectivity index (χ0) is 20.7. The number of amides is 1. The van der Waals surface area contributed by atoms with E-state index < -0.39 is 28.3 Å². The van der Waals surface area contributed by atoms with Crippen molar-refractivity contribution in [3.63, 3.8) is 0 Å². The van der Waals surface area contributed by atoms with E-state index in [9.17, 15) is 17.6 Å². The van der Waals surface area contributed by atoms with E-state index in [0.29, 0.717) is 5.69 Å². The summed E-state index contributed by atoms with van der Waals surface area (Å²) < 4.78 is 40.3. The third kappa shape index (κ3) is 5.23. The monoisotopic (exact) mass is 412 g/mol. The zero-order valence-electron chi connectivity index (χ0n) is 15.1. The van der Waals surface area contributed by atoms with Crippen LogP contribution in [0.1, 0.15) is 5.69 Å². The second kappa shape index (κ2) is 9.07. The molecule has 0 radical (unpaired) electrons. The van der Waals surface area contributed by atoms with Gasteiger partial charge >= 0.3 is 0 Å². The Morgan fingerprint density at radius 3 is 2.38 bits per heavy atom. The van der Waals surface area contributed by atoms with Crippen LogP contribution in [-0.2, 0) is 14.8 Å². The summed E-state index contributed by atoms with van der Waals surface area (Å²) in [6.07, 6.45) is 2.91. The molecule has 3 rings (SSSR count). The highest BCUT2D eigenvalue weighted by Crippen LogP contribution is 2.23. The van der Waals surface area contributed by atoms with E-state index in [1.54, 1.807) is 42.6 Å². The van der Waals surface area contributed by atoms with Gasteiger partial charge in [-0.15, -0.1) is 0 Å². The van der Waals surface area contributed by atoms with Crippen molar-refractivity contribution in [2.45, 2.75) is 4.90 Å². The van der Waals surface area contributed by atoms with Crippen LogP contribution >= 0.6 is 0 Å². The molecule has 2 aromatic carbocycles. The van der Waals surface area contributed by atoms with E-state index in [0.717, 1.165) is 16.4 Å². The Bertz CT molecular complexity index is 1090. The molecule has 1 N–H and O–H groups in total. The molecule has 0 saturated carbocycles. The van der Waals surface area contributed by atoms with Crippen molar-refractivity contribution >= 4 is 27.8 Å². The van der Waals surface area contributed by atoms with Crippen LogP contribution in [0.15, 0.2) is 89.0 Å². The summed E-state index contributed by atoms with van der Waals surface area (Å²) in [5.74, 6) is -1.18. The molecule has 7 nitrogen and oxygen atoms in total. The van der Waals surface area contributed by atoms with Crippen molar-refractivity contribution in [3.05, 3.63) is 90.5 Å². The molecule has 29 heavy (non-hydrogen) atoms. The Kier molecular flexibility index (Phi) is 6.30. The van der Waals surface area contributed by atoms with E-state index in [1.807, 2.05) is 0 Å². The van der Waals surface area contributed by atoms with Gasteiger partial charge in [0.05, 0.1) is 22.5 Å². The summed E-state index contributed by atoms with van der Waals surface area (Å²) in [7, 11) is -4.05. The third-order valence-corrected chi connectivity index (χ3v) is 5.59. The van der Waals surface area contributed by atoms with Gasteiger partial charge in [0, 0.05) is 6.20 Å². The summed E-state index contributed by atoms with van der Waals surface area (Å²) in [6, 6.07) is 17.7. The maximum absolute atomic E-state index is 13.3. The number of carbonyl (C=O) groups is 1. The highest BCUT2D eigenvalue weighted by Gasteiger charge is 2.27. The van der Waals surface area contributed by atoms with Gasteiger partial charge in [0.1, 0.15) is 12.4 Å². The molecule has 0 unspecified atom stereocenters. The van der Waals surface area contributed by atoms with Crippen molar-refractivity contribution in [2.75, 3.05) is 10.8 Å². The molecule has 0 aliphatic heterocycles. The Morgan fingerprint density at radius 2 is 1.72 bits per heavy atom. The van der Waals surface area contributed by atoms with E-state index in [4.69, 9.17) is 0 Å². The highest BCUT2D eigenvalue weighted by atomic mass is 32.2. The first-order valence-electron chi connectivity index (χ1n) is 8.53. The fourth-order valence-corrected chi connectivity index (χ4v) is 3.87. The zero-order valence-corrected chi connectivity index (χ0v) is 16.0. The SMILES string of the molecule is O=C(CN(c1ccc(F)cc1)S(=O)(=O)c1ccccc1)N/N=C\c1ccccn1. The van der Waals surface area contributed by atoms with Crippen LogP contribution in [0.2, 0.25) is 0 Å². The number of sulfonamides is 1. The van der Waals surface area contributed by atoms with Crippen molar-refractivity contribution in [3.8, 4) is 0 Å². The molecule has 0 atom stereocenters. The standard InChI is InChI=1S/C20H17FN4O3S/c21-16-9-11-18(12-10-16)25(29(27,28)19-7-2-1-3-8-19)15-20(26)24-23-14-17-6-4-5-13-22-17/h1-14H,15H2,(H,24,26)/b23-14-. The van der Waals surface area contributed by atoms with E-state index in [1.165, 1.54) is 30.5 Å². The maximum atomic E-state index is 13.3. The number of halogens is 1. The number of hydrogen-bond donors (Lipinski definition) is 1. The molecule has 0 bridgehead atoms. The van der Waals surface area contributed by atoms with Crippen LogP contribution in [0.3, 0.4) is 0 Å². The van der Waals surface area contributed by atoms with Gasteiger partial charge in [-0.05, 0) is 48.5 Å². The summed E-state index contributed by atoms with van der Waals surface area (Å²) in [5.41, 5.74) is 2.96. The maximum Gasteiger partial charge on any atom is 0.264 e. The first-order valence-corrected chi connectivity index (χ1v) is 9.97. The van der Waals surface area contributed by atoms with Crippen LogP contribution in [0.5, 0.6) is 0 Å². The first-order chi connectivity index (χ1) is 14.0. The number of nitrogens with zero attached hydrogens (tertiary/aromatic N) is 3. The minimum Gasteiger partial charge on any atom is -0.271 e. The van der Waals surface area contributed by atoms with Crippen molar-refractivity contribution < 1.29 is 17.6 Å². The average Bonchev–Trinajstić information content (AvgIpc) is 2.74. The molecule has 0 aliphatic rings. The number of aromatic nitrogens is 1. The van der Waals surface area contributed by atoms with Gasteiger partial charge in [-0.1, -0.05) is 24.3 Å². The lowest BCUT2D eigenvalue weighted by atomic mass is 10.3. The Morgan fingerprint density at radius 1 is 1.03 bits per heavy atom. The fraction of sp³-hybridized carbons (Fsp3) is 0.0500. The highest BCUT2D eigenvalue weighted by molar-refractivity contribution is 7.92. The van der Waals surface area contributed by atoms with E-state index in [2.05, 4.69) is 15.5 Å². The fourth-order valence-electron chi connectivity index (χ4n) is 2.43. The number of pyridine rings is 1. The molecule has 1 heterocycles. The quantitative estimate of drug-likeness (QED) is 0.477. The van der Waals surface area contributed by atoms with Crippen LogP contribution in [0.25, 0.3) is 0 Å². The van der Waals surface area contributed by atoms with Gasteiger partial charge in [0.2, 0.25) is 0 Å². The summed E-state index contributed by atoms with van der Waals surface area (Å²) >= 11 is 0. The largest absolute Gasteiger partial charge is 0.271 e. The van der Waals surface area contributed by atoms with Crippen molar-refractivity contribution in [2.24, 2.45) is 5.10 Å². The predicted octanol–water partition coefficient (Wildman–Crippen LogP) is 2.57. The normalized spacial score (nSPS) is 11.3. The van der Waals surface area contributed by atoms with Crippen molar-refractivity contribution in [1.82, 2.24) is 10.4 Å². The lowest BCUT2D eigenvalue weighted by molar-refractivity contribution is -0.119. The molecule has 3 aromatic rings. The molecule has 1 amide bonds. The molecule has 0 spiro atoms. The van der Waals surface area contributed by atoms with Gasteiger partial charge in [0.15, 0.2) is 0 Å². The Labute approximate surface area is 167 Å². The number of rotatable bonds is 7. The molecule has 0 fully saturated rings. The topological polar surface area (TPSA) is 91.7 Å². The van der Waals surface area contributed by atoms with Crippen LogP contribution < -0.4 is 9.73 Å². The second-order valence-electron chi connectivity index (χ2n) is 5.85. The minimum atomic E-state index is -4.05. The van der Waals surface area contributed by atoms with Crippen LogP contribution in [0.4, 0.5) is 10.1 Å². The number of hydrazone groups is 1. The smallest absolute Gasteiger partial charge is 0.264 e. The molecular formula is C20H17FN4O3S. The predicted molar refractivity (Wildman–Crippen MR) is 107 cm³/mol. The molecule has 0 saturated heterocycles. The molecular weight excluding hydrogens is 395 g/mol. The van der Waals surface area contributed by atoms with E-state index >= 15 is 0 Å².